The van der Waals surface area contributed by atoms with Crippen LogP contribution >= 0.6 is 12.4 Å². The molecule has 0 atom stereocenters. The summed E-state index contributed by atoms with van der Waals surface area (Å²) in [5.74, 6) is 0.788. The van der Waals surface area contributed by atoms with Crippen LogP contribution in [-0.2, 0) is 0 Å². The van der Waals surface area contributed by atoms with Crippen LogP contribution in [0.4, 0.5) is 0 Å². The third-order valence-corrected chi connectivity index (χ3v) is 5.32. The van der Waals surface area contributed by atoms with Crippen molar-refractivity contribution in [3.63, 3.8) is 0 Å². The molecule has 0 spiro atoms. The van der Waals surface area contributed by atoms with E-state index in [2.05, 4.69) is 25.3 Å². The predicted molar refractivity (Wildman–Crippen MR) is 123 cm³/mol. The third-order valence-electron chi connectivity index (χ3n) is 5.32. The van der Waals surface area contributed by atoms with Gasteiger partial charge in [-0.15, -0.1) is 25.6 Å². The summed E-state index contributed by atoms with van der Waals surface area (Å²) >= 11 is 0. The van der Waals surface area contributed by atoms with E-state index in [4.69, 9.17) is 5.73 Å². The molecule has 0 aliphatic rings. The van der Waals surface area contributed by atoms with Gasteiger partial charge in [0, 0.05) is 0 Å². The van der Waals surface area contributed by atoms with Gasteiger partial charge in [-0.1, -0.05) is 102 Å². The topological polar surface area (TPSA) is 26.0 Å². The molecule has 26 heavy (non-hydrogen) atoms. The van der Waals surface area contributed by atoms with Gasteiger partial charge >= 0.3 is 0 Å². The molecule has 2 heteroatoms. The van der Waals surface area contributed by atoms with Crippen molar-refractivity contribution in [3.8, 4) is 0 Å². The van der Waals surface area contributed by atoms with Crippen molar-refractivity contribution in [2.24, 2.45) is 11.7 Å². The van der Waals surface area contributed by atoms with Gasteiger partial charge in [0.05, 0.1) is 0 Å². The van der Waals surface area contributed by atoms with Crippen LogP contribution in [0.15, 0.2) is 25.3 Å². The lowest BCUT2D eigenvalue weighted by molar-refractivity contribution is 0.456. The Labute approximate surface area is 171 Å². The number of nitrogens with two attached hydrogens (primary N) is 1. The third kappa shape index (κ3) is 21.8. The van der Waals surface area contributed by atoms with Crippen LogP contribution in [0.3, 0.4) is 0 Å². The van der Waals surface area contributed by atoms with E-state index in [1.165, 1.54) is 103 Å². The van der Waals surface area contributed by atoms with Gasteiger partial charge < -0.3 is 5.73 Å². The van der Waals surface area contributed by atoms with E-state index >= 15 is 0 Å². The smallest absolute Gasteiger partial charge is 0.00773 e. The van der Waals surface area contributed by atoms with Crippen LogP contribution in [-0.4, -0.2) is 6.54 Å². The Hall–Kier alpha value is -0.270. The van der Waals surface area contributed by atoms with Crippen molar-refractivity contribution in [2.75, 3.05) is 6.54 Å². The normalized spacial score (nSPS) is 10.7. The van der Waals surface area contributed by atoms with Gasteiger partial charge in [0.2, 0.25) is 0 Å². The molecule has 1 nitrogen and oxygen atoms in total. The first-order valence-electron chi connectivity index (χ1n) is 11.3. The lowest BCUT2D eigenvalue weighted by Gasteiger charge is -2.12. The average Bonchev–Trinajstić information content (AvgIpc) is 2.61. The first-order valence-corrected chi connectivity index (χ1v) is 11.3. The molecule has 2 N–H and O–H groups in total. The summed E-state index contributed by atoms with van der Waals surface area (Å²) in [6.07, 6.45) is 28.9. The molecule has 0 saturated carbocycles. The number of rotatable bonds is 21. The SMILES string of the molecule is C=CCC(CC=C)CCCCCCCCCCCCCCCCCN.Cl. The Bertz CT molecular complexity index is 267. The average molecular weight is 386 g/mol. The minimum atomic E-state index is 0. The van der Waals surface area contributed by atoms with E-state index in [1.807, 2.05) is 0 Å². The van der Waals surface area contributed by atoms with Crippen LogP contribution in [0.1, 0.15) is 116 Å². The largest absolute Gasteiger partial charge is 0.330 e. The molecular formula is C24H48ClN. The molecule has 0 aromatic carbocycles. The Balaban J connectivity index is 0. The summed E-state index contributed by atoms with van der Waals surface area (Å²) < 4.78 is 0. The number of unbranched alkanes of at least 4 members (excludes halogenated alkanes) is 14. The van der Waals surface area contributed by atoms with E-state index in [0.717, 1.165) is 25.3 Å². The van der Waals surface area contributed by atoms with Gasteiger partial charge in [-0.3, -0.25) is 0 Å². The Morgan fingerprint density at radius 2 is 0.846 bits per heavy atom. The van der Waals surface area contributed by atoms with E-state index in [-0.39, 0.29) is 12.4 Å². The van der Waals surface area contributed by atoms with Gasteiger partial charge in [-0.05, 0) is 38.1 Å². The van der Waals surface area contributed by atoms with Crippen molar-refractivity contribution in [1.29, 1.82) is 0 Å². The molecule has 0 rings (SSSR count). The minimum Gasteiger partial charge on any atom is -0.330 e. The zero-order chi connectivity index (χ0) is 18.4. The highest BCUT2D eigenvalue weighted by atomic mass is 35.5. The minimum absolute atomic E-state index is 0. The van der Waals surface area contributed by atoms with Crippen molar-refractivity contribution in [1.82, 2.24) is 0 Å². The first-order chi connectivity index (χ1) is 12.3. The van der Waals surface area contributed by atoms with Gasteiger partial charge in [-0.2, -0.15) is 0 Å². The van der Waals surface area contributed by atoms with Gasteiger partial charge in [0.25, 0.3) is 0 Å². The van der Waals surface area contributed by atoms with E-state index in [0.29, 0.717) is 0 Å². The van der Waals surface area contributed by atoms with Crippen molar-refractivity contribution in [3.05, 3.63) is 25.3 Å². The number of hydrogen-bond donors (Lipinski definition) is 1. The summed E-state index contributed by atoms with van der Waals surface area (Å²) in [7, 11) is 0. The van der Waals surface area contributed by atoms with Crippen LogP contribution in [0.25, 0.3) is 0 Å². The summed E-state index contributed by atoms with van der Waals surface area (Å²) in [6, 6.07) is 0. The van der Waals surface area contributed by atoms with Crippen molar-refractivity contribution < 1.29 is 0 Å². The van der Waals surface area contributed by atoms with Crippen LogP contribution in [0.5, 0.6) is 0 Å². The quantitative estimate of drug-likeness (QED) is 0.156. The fourth-order valence-corrected chi connectivity index (χ4v) is 3.68. The van der Waals surface area contributed by atoms with Crippen LogP contribution in [0, 0.1) is 5.92 Å². The summed E-state index contributed by atoms with van der Waals surface area (Å²) in [4.78, 5) is 0. The molecule has 0 aromatic rings. The molecule has 0 fully saturated rings. The zero-order valence-corrected chi connectivity index (χ0v) is 18.4. The highest BCUT2D eigenvalue weighted by molar-refractivity contribution is 5.85. The standard InChI is InChI=1S/C24H47N.ClH/c1-3-20-24(21-4-2)22-18-16-14-12-10-8-6-5-7-9-11-13-15-17-19-23-25;/h3-4,24H,1-2,5-23,25H2;1H. The molecule has 0 aromatic heterocycles. The Morgan fingerprint density at radius 1 is 0.538 bits per heavy atom. The van der Waals surface area contributed by atoms with Gasteiger partial charge in [0.15, 0.2) is 0 Å². The maximum Gasteiger partial charge on any atom is -0.00773 e. The number of halogens is 1. The Kier molecular flexibility index (Phi) is 26.6. The molecule has 156 valence electrons. The summed E-state index contributed by atoms with van der Waals surface area (Å²) in [6.45, 7) is 8.60. The van der Waals surface area contributed by atoms with E-state index in [1.54, 1.807) is 0 Å². The van der Waals surface area contributed by atoms with Crippen LogP contribution in [0.2, 0.25) is 0 Å². The lowest BCUT2D eigenvalue weighted by Crippen LogP contribution is -1.97. The maximum absolute atomic E-state index is 5.51. The van der Waals surface area contributed by atoms with Crippen molar-refractivity contribution in [2.45, 2.75) is 116 Å². The molecule has 0 saturated heterocycles. The van der Waals surface area contributed by atoms with Gasteiger partial charge in [-0.25, -0.2) is 0 Å². The second kappa shape index (κ2) is 24.7. The van der Waals surface area contributed by atoms with Crippen molar-refractivity contribution >= 4 is 12.4 Å². The van der Waals surface area contributed by atoms with Gasteiger partial charge in [0.1, 0.15) is 0 Å². The second-order valence-corrected chi connectivity index (χ2v) is 7.80. The highest BCUT2D eigenvalue weighted by Crippen LogP contribution is 2.19. The summed E-state index contributed by atoms with van der Waals surface area (Å²) in [5.41, 5.74) is 5.51. The highest BCUT2D eigenvalue weighted by Gasteiger charge is 2.04. The second-order valence-electron chi connectivity index (χ2n) is 7.80. The number of allylic oxidation sites excluding steroid dienone is 2. The molecule has 0 heterocycles. The monoisotopic (exact) mass is 385 g/mol. The fraction of sp³-hybridized carbons (Fsp3) is 0.833. The maximum atomic E-state index is 5.51. The Morgan fingerprint density at radius 3 is 1.15 bits per heavy atom. The molecule has 0 aliphatic heterocycles. The van der Waals surface area contributed by atoms with Crippen LogP contribution < -0.4 is 5.73 Å². The van der Waals surface area contributed by atoms with E-state index < -0.39 is 0 Å². The van der Waals surface area contributed by atoms with E-state index in [9.17, 15) is 0 Å². The molecule has 0 amide bonds. The fourth-order valence-electron chi connectivity index (χ4n) is 3.68. The predicted octanol–water partition coefficient (Wildman–Crippen LogP) is 8.38. The lowest BCUT2D eigenvalue weighted by atomic mass is 9.94. The molecular weight excluding hydrogens is 338 g/mol. The molecule has 0 aliphatic carbocycles. The zero-order valence-electron chi connectivity index (χ0n) is 17.6. The number of hydrogen-bond acceptors (Lipinski definition) is 1. The first kappa shape index (κ1) is 27.9. The molecule has 0 bridgehead atoms. The molecule has 0 radical (unpaired) electrons. The summed E-state index contributed by atoms with van der Waals surface area (Å²) in [5, 5.41) is 0. The molecule has 0 unspecified atom stereocenters.